The van der Waals surface area contributed by atoms with Crippen molar-refractivity contribution in [2.45, 2.75) is 19.3 Å². The SMILES string of the molecule is C#CC(C)(C)c1cc(Br)cs1. The summed E-state index contributed by atoms with van der Waals surface area (Å²) < 4.78 is 1.11. The Labute approximate surface area is 79.8 Å². The lowest BCUT2D eigenvalue weighted by molar-refractivity contribution is 0.716. The molecule has 0 aromatic carbocycles. The highest BCUT2D eigenvalue weighted by atomic mass is 79.9. The highest BCUT2D eigenvalue weighted by Crippen LogP contribution is 2.30. The van der Waals surface area contributed by atoms with E-state index in [-0.39, 0.29) is 5.41 Å². The van der Waals surface area contributed by atoms with Gasteiger partial charge >= 0.3 is 0 Å². The first-order chi connectivity index (χ1) is 5.06. The molecular formula is C9H9BrS. The molecule has 2 heteroatoms. The van der Waals surface area contributed by atoms with Crippen LogP contribution < -0.4 is 0 Å². The summed E-state index contributed by atoms with van der Waals surface area (Å²) in [4.78, 5) is 1.23. The predicted octanol–water partition coefficient (Wildman–Crippen LogP) is 3.42. The van der Waals surface area contributed by atoms with Crippen molar-refractivity contribution in [1.82, 2.24) is 0 Å². The minimum absolute atomic E-state index is 0.128. The largest absolute Gasteiger partial charge is 0.146 e. The van der Waals surface area contributed by atoms with Crippen LogP contribution in [0.25, 0.3) is 0 Å². The number of halogens is 1. The van der Waals surface area contributed by atoms with E-state index in [0.717, 1.165) is 4.47 Å². The van der Waals surface area contributed by atoms with Crippen molar-refractivity contribution < 1.29 is 0 Å². The summed E-state index contributed by atoms with van der Waals surface area (Å²) in [6, 6.07) is 2.07. The zero-order chi connectivity index (χ0) is 8.48. The van der Waals surface area contributed by atoms with Crippen LogP contribution in [-0.2, 0) is 5.41 Å². The summed E-state index contributed by atoms with van der Waals surface area (Å²) in [5.74, 6) is 2.76. The summed E-state index contributed by atoms with van der Waals surface area (Å²) in [5.41, 5.74) is -0.128. The number of thiophene rings is 1. The first-order valence-corrected chi connectivity index (χ1v) is 4.96. The van der Waals surface area contributed by atoms with E-state index in [4.69, 9.17) is 6.42 Å². The molecule has 1 aromatic heterocycles. The van der Waals surface area contributed by atoms with Crippen LogP contribution in [-0.4, -0.2) is 0 Å². The molecule has 1 rings (SSSR count). The predicted molar refractivity (Wildman–Crippen MR) is 53.9 cm³/mol. The summed E-state index contributed by atoms with van der Waals surface area (Å²) in [6.45, 7) is 4.09. The molecule has 0 radical (unpaired) electrons. The molecule has 1 heterocycles. The van der Waals surface area contributed by atoms with Gasteiger partial charge in [0.15, 0.2) is 0 Å². The van der Waals surface area contributed by atoms with Gasteiger partial charge in [0.05, 0.1) is 5.41 Å². The van der Waals surface area contributed by atoms with Gasteiger partial charge in [-0.1, -0.05) is 5.92 Å². The summed E-state index contributed by atoms with van der Waals surface area (Å²) in [7, 11) is 0. The van der Waals surface area contributed by atoms with E-state index in [9.17, 15) is 0 Å². The van der Waals surface area contributed by atoms with Crippen molar-refractivity contribution in [3.8, 4) is 12.3 Å². The summed E-state index contributed by atoms with van der Waals surface area (Å²) in [6.07, 6.45) is 5.39. The Hall–Kier alpha value is -0.260. The van der Waals surface area contributed by atoms with E-state index in [1.165, 1.54) is 4.88 Å². The molecule has 0 fully saturated rings. The fourth-order valence-electron chi connectivity index (χ4n) is 0.712. The van der Waals surface area contributed by atoms with Gasteiger partial charge in [-0.15, -0.1) is 17.8 Å². The van der Waals surface area contributed by atoms with Gasteiger partial charge in [-0.05, 0) is 35.8 Å². The molecular weight excluding hydrogens is 220 g/mol. The first kappa shape index (κ1) is 8.83. The second-order valence-electron chi connectivity index (χ2n) is 2.90. The van der Waals surface area contributed by atoms with Crippen molar-refractivity contribution in [2.24, 2.45) is 0 Å². The van der Waals surface area contributed by atoms with Gasteiger partial charge in [0.2, 0.25) is 0 Å². The lowest BCUT2D eigenvalue weighted by atomic mass is 9.93. The van der Waals surface area contributed by atoms with Gasteiger partial charge in [-0.25, -0.2) is 0 Å². The third-order valence-corrected chi connectivity index (χ3v) is 3.56. The van der Waals surface area contributed by atoms with Gasteiger partial charge in [0, 0.05) is 14.7 Å². The van der Waals surface area contributed by atoms with Crippen molar-refractivity contribution in [1.29, 1.82) is 0 Å². The quantitative estimate of drug-likeness (QED) is 0.647. The molecule has 0 unspecified atom stereocenters. The number of rotatable bonds is 1. The van der Waals surface area contributed by atoms with Crippen LogP contribution in [0.4, 0.5) is 0 Å². The van der Waals surface area contributed by atoms with Crippen molar-refractivity contribution in [2.75, 3.05) is 0 Å². The van der Waals surface area contributed by atoms with Crippen LogP contribution in [0.3, 0.4) is 0 Å². The molecule has 0 saturated heterocycles. The second kappa shape index (κ2) is 3.00. The van der Waals surface area contributed by atoms with Crippen LogP contribution in [0.1, 0.15) is 18.7 Å². The molecule has 11 heavy (non-hydrogen) atoms. The van der Waals surface area contributed by atoms with Crippen molar-refractivity contribution >= 4 is 27.3 Å². The zero-order valence-corrected chi connectivity index (χ0v) is 8.92. The van der Waals surface area contributed by atoms with E-state index in [1.54, 1.807) is 11.3 Å². The lowest BCUT2D eigenvalue weighted by Crippen LogP contribution is -2.10. The molecule has 0 atom stereocenters. The topological polar surface area (TPSA) is 0 Å². The monoisotopic (exact) mass is 228 g/mol. The third-order valence-electron chi connectivity index (χ3n) is 1.54. The Kier molecular flexibility index (Phi) is 2.41. The smallest absolute Gasteiger partial charge is 0.0597 e. The molecule has 58 valence electrons. The lowest BCUT2D eigenvalue weighted by Gasteiger charge is -2.13. The summed E-state index contributed by atoms with van der Waals surface area (Å²) in [5, 5.41) is 2.05. The molecule has 0 spiro atoms. The highest BCUT2D eigenvalue weighted by molar-refractivity contribution is 9.10. The van der Waals surface area contributed by atoms with Crippen LogP contribution in [0, 0.1) is 12.3 Å². The van der Waals surface area contributed by atoms with Gasteiger partial charge < -0.3 is 0 Å². The van der Waals surface area contributed by atoms with Crippen molar-refractivity contribution in [3.05, 3.63) is 20.8 Å². The average molecular weight is 229 g/mol. The van der Waals surface area contributed by atoms with E-state index < -0.39 is 0 Å². The molecule has 0 N–H and O–H groups in total. The maximum Gasteiger partial charge on any atom is 0.0597 e. The fraction of sp³-hybridized carbons (Fsp3) is 0.333. The average Bonchev–Trinajstić information content (AvgIpc) is 2.36. The molecule has 0 aliphatic rings. The molecule has 1 aromatic rings. The van der Waals surface area contributed by atoms with Crippen LogP contribution in [0.15, 0.2) is 15.9 Å². The minimum Gasteiger partial charge on any atom is -0.146 e. The summed E-state index contributed by atoms with van der Waals surface area (Å²) >= 11 is 5.09. The first-order valence-electron chi connectivity index (χ1n) is 3.28. The minimum atomic E-state index is -0.128. The zero-order valence-electron chi connectivity index (χ0n) is 6.52. The van der Waals surface area contributed by atoms with Crippen molar-refractivity contribution in [3.63, 3.8) is 0 Å². The maximum atomic E-state index is 5.39. The van der Waals surface area contributed by atoms with Gasteiger partial charge in [-0.2, -0.15) is 0 Å². The van der Waals surface area contributed by atoms with E-state index in [0.29, 0.717) is 0 Å². The molecule has 0 saturated carbocycles. The Morgan fingerprint density at radius 2 is 2.27 bits per heavy atom. The van der Waals surface area contributed by atoms with Crippen LogP contribution in [0.2, 0.25) is 0 Å². The van der Waals surface area contributed by atoms with Crippen LogP contribution >= 0.6 is 27.3 Å². The van der Waals surface area contributed by atoms with Gasteiger partial charge in [0.1, 0.15) is 0 Å². The maximum absolute atomic E-state index is 5.39. The Balaban J connectivity index is 3.04. The van der Waals surface area contributed by atoms with Gasteiger partial charge in [-0.3, -0.25) is 0 Å². The Bertz CT molecular complexity index is 291. The molecule has 0 amide bonds. The number of hydrogen-bond donors (Lipinski definition) is 0. The number of hydrogen-bond acceptors (Lipinski definition) is 1. The standard InChI is InChI=1S/C9H9BrS/c1-4-9(2,3)8-5-7(10)6-11-8/h1,5-6H,2-3H3. The van der Waals surface area contributed by atoms with E-state index in [2.05, 4.69) is 33.3 Å². The van der Waals surface area contributed by atoms with Crippen LogP contribution in [0.5, 0.6) is 0 Å². The second-order valence-corrected chi connectivity index (χ2v) is 4.73. The normalized spacial score (nSPS) is 11.1. The van der Waals surface area contributed by atoms with Gasteiger partial charge in [0.25, 0.3) is 0 Å². The Morgan fingerprint density at radius 1 is 1.64 bits per heavy atom. The molecule has 0 bridgehead atoms. The molecule has 0 nitrogen and oxygen atoms in total. The van der Waals surface area contributed by atoms with E-state index in [1.807, 2.05) is 13.8 Å². The molecule has 0 aliphatic carbocycles. The van der Waals surface area contributed by atoms with E-state index >= 15 is 0 Å². The molecule has 0 aliphatic heterocycles. The fourth-order valence-corrected chi connectivity index (χ4v) is 2.23. The third kappa shape index (κ3) is 1.85. The number of terminal acetylenes is 1. The Morgan fingerprint density at radius 3 is 2.64 bits per heavy atom. The highest BCUT2D eigenvalue weighted by Gasteiger charge is 2.18.